The smallest absolute Gasteiger partial charge is 0.323 e. The van der Waals surface area contributed by atoms with Crippen LogP contribution in [0.5, 0.6) is 0 Å². The van der Waals surface area contributed by atoms with Gasteiger partial charge >= 0.3 is 6.03 Å². The topological polar surface area (TPSA) is 132 Å². The number of pyridine rings is 1. The zero-order chi connectivity index (χ0) is 24.2. The number of carbonyl (C=O) groups excluding carboxylic acids is 2. The third-order valence-corrected chi connectivity index (χ3v) is 6.88. The number of fused-ring (bicyclic) bond motifs is 1. The Labute approximate surface area is 205 Å². The highest BCUT2D eigenvalue weighted by Crippen LogP contribution is 2.30. The normalized spacial score (nSPS) is 14.6. The Morgan fingerprint density at radius 1 is 1.17 bits per heavy atom. The molecule has 11 heteroatoms. The summed E-state index contributed by atoms with van der Waals surface area (Å²) < 4.78 is 2.44. The third kappa shape index (κ3) is 5.35. The van der Waals surface area contributed by atoms with Gasteiger partial charge in [0.05, 0.1) is 34.6 Å². The molecule has 1 saturated heterocycles. The van der Waals surface area contributed by atoms with Gasteiger partial charge in [-0.25, -0.2) is 9.78 Å². The molecule has 1 fully saturated rings. The second-order valence-electron chi connectivity index (χ2n) is 8.30. The van der Waals surface area contributed by atoms with Crippen molar-refractivity contribution in [3.05, 3.63) is 71.8 Å². The van der Waals surface area contributed by atoms with Crippen LogP contribution in [0.2, 0.25) is 0 Å². The number of rotatable bonds is 6. The molecule has 35 heavy (non-hydrogen) atoms. The predicted molar refractivity (Wildman–Crippen MR) is 134 cm³/mol. The number of urea groups is 1. The van der Waals surface area contributed by atoms with Crippen LogP contribution in [-0.4, -0.2) is 54.9 Å². The first-order valence-corrected chi connectivity index (χ1v) is 12.1. The number of primary amides is 1. The number of anilines is 1. The van der Waals surface area contributed by atoms with Gasteiger partial charge < -0.3 is 10.6 Å². The molecule has 1 aliphatic rings. The second kappa shape index (κ2) is 10.0. The van der Waals surface area contributed by atoms with Crippen molar-refractivity contribution in [2.75, 3.05) is 18.4 Å². The standard InChI is InChI=1S/C24H24N8O2S/c25-22(33)19(15-32-12-9-27-30-32)17-4-5-20-21(14-17)35-23(28-20)29-24(34)31-10-6-16(7-11-31)13-18-3-1-2-8-26-18/h1-5,8-9,12-14,19H,6-7,10-11,15H2,(H2,25,33)(H,28,29,34). The highest BCUT2D eigenvalue weighted by Gasteiger charge is 2.22. The molecular formula is C24H24N8O2S. The van der Waals surface area contributed by atoms with Crippen molar-refractivity contribution in [3.63, 3.8) is 0 Å². The van der Waals surface area contributed by atoms with Crippen LogP contribution < -0.4 is 11.1 Å². The first-order chi connectivity index (χ1) is 17.0. The summed E-state index contributed by atoms with van der Waals surface area (Å²) in [4.78, 5) is 35.6. The highest BCUT2D eigenvalue weighted by atomic mass is 32.1. The lowest BCUT2D eigenvalue weighted by atomic mass is 9.98. The summed E-state index contributed by atoms with van der Waals surface area (Å²) in [5.74, 6) is -0.998. The lowest BCUT2D eigenvalue weighted by Crippen LogP contribution is -2.39. The Morgan fingerprint density at radius 3 is 2.74 bits per heavy atom. The molecule has 1 aromatic carbocycles. The van der Waals surface area contributed by atoms with Gasteiger partial charge in [0.1, 0.15) is 0 Å². The maximum absolute atomic E-state index is 12.8. The number of thiazole rings is 1. The van der Waals surface area contributed by atoms with E-state index in [2.05, 4.69) is 31.7 Å². The molecule has 4 aromatic rings. The number of piperidine rings is 1. The first-order valence-electron chi connectivity index (χ1n) is 11.3. The van der Waals surface area contributed by atoms with Crippen LogP contribution in [0.1, 0.15) is 30.0 Å². The summed E-state index contributed by atoms with van der Waals surface area (Å²) in [7, 11) is 0. The van der Waals surface area contributed by atoms with Gasteiger partial charge in [-0.3, -0.25) is 19.8 Å². The van der Waals surface area contributed by atoms with Crippen molar-refractivity contribution in [1.82, 2.24) is 29.9 Å². The van der Waals surface area contributed by atoms with E-state index in [0.29, 0.717) is 24.8 Å². The lowest BCUT2D eigenvalue weighted by molar-refractivity contribution is -0.119. The fraction of sp³-hybridized carbons (Fsp3) is 0.250. The van der Waals surface area contributed by atoms with E-state index in [1.54, 1.807) is 28.2 Å². The molecule has 0 radical (unpaired) electrons. The van der Waals surface area contributed by atoms with Gasteiger partial charge in [0.2, 0.25) is 5.91 Å². The molecule has 1 aliphatic heterocycles. The molecule has 5 rings (SSSR count). The number of benzene rings is 1. The van der Waals surface area contributed by atoms with E-state index in [-0.39, 0.29) is 6.03 Å². The van der Waals surface area contributed by atoms with E-state index in [4.69, 9.17) is 5.73 Å². The molecule has 10 nitrogen and oxygen atoms in total. The van der Waals surface area contributed by atoms with Crippen molar-refractivity contribution in [2.45, 2.75) is 25.3 Å². The molecule has 0 spiro atoms. The molecule has 1 unspecified atom stereocenters. The Morgan fingerprint density at radius 2 is 2.03 bits per heavy atom. The lowest BCUT2D eigenvalue weighted by Gasteiger charge is -2.28. The molecule has 0 bridgehead atoms. The van der Waals surface area contributed by atoms with E-state index >= 15 is 0 Å². The molecule has 4 heterocycles. The number of hydrogen-bond donors (Lipinski definition) is 2. The summed E-state index contributed by atoms with van der Waals surface area (Å²) in [5.41, 5.74) is 9.40. The quantitative estimate of drug-likeness (QED) is 0.428. The Balaban J connectivity index is 1.24. The van der Waals surface area contributed by atoms with Crippen LogP contribution in [0.4, 0.5) is 9.93 Å². The molecule has 3 amide bonds. The van der Waals surface area contributed by atoms with Crippen molar-refractivity contribution in [2.24, 2.45) is 5.73 Å². The first kappa shape index (κ1) is 22.7. The zero-order valence-corrected chi connectivity index (χ0v) is 19.7. The SMILES string of the molecule is NC(=O)C(Cn1ccnn1)c1ccc2nc(NC(=O)N3CCC(=Cc4ccccn4)CC3)sc2c1. The summed E-state index contributed by atoms with van der Waals surface area (Å²) >= 11 is 1.37. The average molecular weight is 489 g/mol. The number of nitrogens with two attached hydrogens (primary N) is 1. The van der Waals surface area contributed by atoms with E-state index in [1.807, 2.05) is 36.4 Å². The van der Waals surface area contributed by atoms with Gasteiger partial charge in [-0.05, 0) is 48.7 Å². The number of nitrogens with zero attached hydrogens (tertiary/aromatic N) is 6. The molecule has 1 atom stereocenters. The molecular weight excluding hydrogens is 464 g/mol. The largest absolute Gasteiger partial charge is 0.369 e. The van der Waals surface area contributed by atoms with Gasteiger partial charge in [-0.15, -0.1) is 5.10 Å². The van der Waals surface area contributed by atoms with Crippen molar-refractivity contribution in [3.8, 4) is 0 Å². The zero-order valence-electron chi connectivity index (χ0n) is 18.9. The maximum atomic E-state index is 12.8. The molecule has 0 aliphatic carbocycles. The molecule has 3 N–H and O–H groups in total. The monoisotopic (exact) mass is 488 g/mol. The van der Waals surface area contributed by atoms with E-state index in [1.165, 1.54) is 16.9 Å². The Bertz CT molecular complexity index is 1360. The van der Waals surface area contributed by atoms with Crippen LogP contribution in [0.25, 0.3) is 16.3 Å². The molecule has 3 aromatic heterocycles. The van der Waals surface area contributed by atoms with E-state index < -0.39 is 11.8 Å². The second-order valence-corrected chi connectivity index (χ2v) is 9.33. The van der Waals surface area contributed by atoms with Gasteiger partial charge in [-0.2, -0.15) is 0 Å². The third-order valence-electron chi connectivity index (χ3n) is 5.95. The summed E-state index contributed by atoms with van der Waals surface area (Å²) in [5, 5.41) is 11.1. The van der Waals surface area contributed by atoms with Gasteiger partial charge in [-0.1, -0.05) is 34.3 Å². The number of hydrogen-bond acceptors (Lipinski definition) is 7. The predicted octanol–water partition coefficient (Wildman–Crippen LogP) is 3.26. The number of nitrogens with one attached hydrogen (secondary N) is 1. The van der Waals surface area contributed by atoms with Crippen LogP contribution in [0, 0.1) is 0 Å². The summed E-state index contributed by atoms with van der Waals surface area (Å²) in [6, 6.07) is 11.2. The van der Waals surface area contributed by atoms with Crippen molar-refractivity contribution in [1.29, 1.82) is 0 Å². The van der Waals surface area contributed by atoms with Crippen LogP contribution in [-0.2, 0) is 11.3 Å². The summed E-state index contributed by atoms with van der Waals surface area (Å²) in [6.45, 7) is 1.58. The number of likely N-dealkylation sites (tertiary alicyclic amines) is 1. The minimum absolute atomic E-state index is 0.164. The number of amides is 3. The fourth-order valence-corrected chi connectivity index (χ4v) is 4.97. The van der Waals surface area contributed by atoms with E-state index in [9.17, 15) is 9.59 Å². The Kier molecular flexibility index (Phi) is 6.49. The Hall–Kier alpha value is -4.12. The van der Waals surface area contributed by atoms with Crippen LogP contribution in [0.3, 0.4) is 0 Å². The average Bonchev–Trinajstić information content (AvgIpc) is 3.52. The fourth-order valence-electron chi connectivity index (χ4n) is 4.07. The molecule has 0 saturated carbocycles. The number of carbonyl (C=O) groups is 2. The summed E-state index contributed by atoms with van der Waals surface area (Å²) in [6.07, 6.45) is 8.75. The number of aromatic nitrogens is 5. The van der Waals surface area contributed by atoms with Gasteiger partial charge in [0, 0.05) is 25.5 Å². The maximum Gasteiger partial charge on any atom is 0.323 e. The van der Waals surface area contributed by atoms with Crippen LogP contribution in [0.15, 0.2) is 60.6 Å². The molecule has 178 valence electrons. The van der Waals surface area contributed by atoms with Crippen molar-refractivity contribution >= 4 is 44.7 Å². The van der Waals surface area contributed by atoms with Crippen LogP contribution >= 0.6 is 11.3 Å². The minimum Gasteiger partial charge on any atom is -0.369 e. The van der Waals surface area contributed by atoms with E-state index in [0.717, 1.165) is 34.3 Å². The van der Waals surface area contributed by atoms with Gasteiger partial charge in [0.25, 0.3) is 0 Å². The highest BCUT2D eigenvalue weighted by molar-refractivity contribution is 7.22. The van der Waals surface area contributed by atoms with Gasteiger partial charge in [0.15, 0.2) is 5.13 Å². The van der Waals surface area contributed by atoms with Crippen molar-refractivity contribution < 1.29 is 9.59 Å². The minimum atomic E-state index is -0.553.